The summed E-state index contributed by atoms with van der Waals surface area (Å²) in [7, 11) is 0. The fourth-order valence-corrected chi connectivity index (χ4v) is 9.57. The van der Waals surface area contributed by atoms with Crippen LogP contribution in [-0.4, -0.2) is 21.3 Å². The number of aliphatic imine (C=N–C) groups is 1. The number of hydrogen-bond acceptors (Lipinski definition) is 5. The van der Waals surface area contributed by atoms with Gasteiger partial charge in [-0.05, 0) is 67.5 Å². The fourth-order valence-electron chi connectivity index (χ4n) is 5.95. The minimum atomic E-state index is -0.248. The van der Waals surface area contributed by atoms with Gasteiger partial charge in [-0.15, -0.1) is 34.0 Å². The smallest absolute Gasteiger partial charge is 0.280 e. The SMILES string of the molecule is CCCCCCCCn1c(O)c2c(c1-c1ccc(-c3ccc(C(C)(CC)CC)s3)s1)C(=O)N=C2c1ccc(C(C)(C)CC)s1. The first kappa shape index (κ1) is 32.9. The first-order valence-electron chi connectivity index (χ1n) is 16.5. The molecule has 5 heterocycles. The van der Waals surface area contributed by atoms with E-state index in [9.17, 15) is 9.90 Å². The second-order valence-electron chi connectivity index (χ2n) is 13.1. The average molecular weight is 649 g/mol. The summed E-state index contributed by atoms with van der Waals surface area (Å²) < 4.78 is 2.00. The molecular formula is C37H48N2O2S3. The lowest BCUT2D eigenvalue weighted by atomic mass is 9.83. The predicted octanol–water partition coefficient (Wildman–Crippen LogP) is 11.8. The van der Waals surface area contributed by atoms with Gasteiger partial charge < -0.3 is 9.67 Å². The van der Waals surface area contributed by atoms with Gasteiger partial charge >= 0.3 is 0 Å². The van der Waals surface area contributed by atoms with Crippen molar-refractivity contribution in [3.05, 3.63) is 62.2 Å². The number of rotatable bonds is 15. The molecule has 7 heteroatoms. The lowest BCUT2D eigenvalue weighted by Gasteiger charge is -2.24. The number of hydrogen-bond donors (Lipinski definition) is 1. The summed E-state index contributed by atoms with van der Waals surface area (Å²) in [5.74, 6) is -0.0745. The molecule has 0 radical (unpaired) electrons. The lowest BCUT2D eigenvalue weighted by molar-refractivity contribution is 0.101. The summed E-state index contributed by atoms with van der Waals surface area (Å²) >= 11 is 5.27. The van der Waals surface area contributed by atoms with Crippen molar-refractivity contribution in [2.75, 3.05) is 0 Å². The number of carbonyl (C=O) groups is 1. The van der Waals surface area contributed by atoms with Crippen LogP contribution in [0.4, 0.5) is 0 Å². The zero-order chi connectivity index (χ0) is 31.6. The monoisotopic (exact) mass is 648 g/mol. The van der Waals surface area contributed by atoms with Crippen molar-refractivity contribution in [2.24, 2.45) is 4.99 Å². The maximum Gasteiger partial charge on any atom is 0.280 e. The largest absolute Gasteiger partial charge is 0.494 e. The molecule has 0 aliphatic carbocycles. The van der Waals surface area contributed by atoms with Gasteiger partial charge in [-0.2, -0.15) is 0 Å². The highest BCUT2D eigenvalue weighted by atomic mass is 32.1. The van der Waals surface area contributed by atoms with E-state index in [-0.39, 0.29) is 22.6 Å². The first-order chi connectivity index (χ1) is 21.1. The van der Waals surface area contributed by atoms with Crippen LogP contribution in [0.15, 0.2) is 41.4 Å². The Morgan fingerprint density at radius 2 is 1.30 bits per heavy atom. The fraction of sp³-hybridized carbons (Fsp3) is 0.514. The predicted molar refractivity (Wildman–Crippen MR) is 192 cm³/mol. The van der Waals surface area contributed by atoms with Gasteiger partial charge in [0.05, 0.1) is 32.3 Å². The Kier molecular flexibility index (Phi) is 10.1. The van der Waals surface area contributed by atoms with Gasteiger partial charge in [-0.3, -0.25) is 4.79 Å². The number of unbranched alkanes of at least 4 members (excludes halogenated alkanes) is 5. The van der Waals surface area contributed by atoms with Gasteiger partial charge in [0.1, 0.15) is 0 Å². The summed E-state index contributed by atoms with van der Waals surface area (Å²) in [5, 5.41) is 11.8. The third-order valence-electron chi connectivity index (χ3n) is 9.87. The van der Waals surface area contributed by atoms with Gasteiger partial charge in [0.15, 0.2) is 0 Å². The molecule has 5 rings (SSSR count). The van der Waals surface area contributed by atoms with Gasteiger partial charge in [0, 0.05) is 31.5 Å². The van der Waals surface area contributed by atoms with Crippen LogP contribution >= 0.6 is 34.0 Å². The molecule has 1 N–H and O–H groups in total. The maximum absolute atomic E-state index is 13.7. The van der Waals surface area contributed by atoms with Crippen molar-refractivity contribution in [1.29, 1.82) is 0 Å². The van der Waals surface area contributed by atoms with Crippen molar-refractivity contribution in [3.63, 3.8) is 0 Å². The van der Waals surface area contributed by atoms with Crippen LogP contribution in [-0.2, 0) is 17.4 Å². The Morgan fingerprint density at radius 1 is 0.705 bits per heavy atom. The number of fused-ring (bicyclic) bond motifs is 1. The normalized spacial score (nSPS) is 13.6. The summed E-state index contributed by atoms with van der Waals surface area (Å²) in [6.07, 6.45) is 10.2. The summed E-state index contributed by atoms with van der Waals surface area (Å²) in [4.78, 5) is 25.3. The number of thiophene rings is 3. The highest BCUT2D eigenvalue weighted by Crippen LogP contribution is 2.47. The number of carbonyl (C=O) groups excluding carboxylic acids is 1. The average Bonchev–Trinajstić information content (AvgIpc) is 3.85. The molecular weight excluding hydrogens is 601 g/mol. The van der Waals surface area contributed by atoms with E-state index in [0.717, 1.165) is 47.6 Å². The maximum atomic E-state index is 13.7. The Labute approximate surface area is 275 Å². The van der Waals surface area contributed by atoms with Crippen LogP contribution in [0.5, 0.6) is 5.88 Å². The number of aromatic nitrogens is 1. The molecule has 0 aromatic carbocycles. The van der Waals surface area contributed by atoms with Crippen molar-refractivity contribution in [2.45, 2.75) is 124 Å². The molecule has 4 nitrogen and oxygen atoms in total. The molecule has 1 aliphatic heterocycles. The van der Waals surface area contributed by atoms with Crippen LogP contribution < -0.4 is 0 Å². The van der Waals surface area contributed by atoms with E-state index in [4.69, 9.17) is 0 Å². The van der Waals surface area contributed by atoms with E-state index in [1.807, 2.05) is 15.9 Å². The van der Waals surface area contributed by atoms with Crippen molar-refractivity contribution >= 4 is 45.6 Å². The second kappa shape index (κ2) is 13.5. The Hall–Kier alpha value is -2.48. The van der Waals surface area contributed by atoms with Crippen LogP contribution in [0.3, 0.4) is 0 Å². The third-order valence-corrected chi connectivity index (χ3v) is 14.0. The summed E-state index contributed by atoms with van der Waals surface area (Å²) in [6, 6.07) is 13.1. The molecule has 4 aromatic rings. The van der Waals surface area contributed by atoms with Crippen LogP contribution in [0.25, 0.3) is 20.3 Å². The zero-order valence-corrected chi connectivity index (χ0v) is 30.0. The lowest BCUT2D eigenvalue weighted by Crippen LogP contribution is -2.17. The van der Waals surface area contributed by atoms with Gasteiger partial charge in [0.2, 0.25) is 5.88 Å². The molecule has 4 aromatic heterocycles. The Morgan fingerprint density at radius 3 is 2.00 bits per heavy atom. The molecule has 0 saturated heterocycles. The molecule has 0 fully saturated rings. The van der Waals surface area contributed by atoms with E-state index >= 15 is 0 Å². The Balaban J connectivity index is 1.54. The molecule has 236 valence electrons. The van der Waals surface area contributed by atoms with E-state index in [1.54, 1.807) is 22.7 Å². The molecule has 0 spiro atoms. The first-order valence-corrected chi connectivity index (χ1v) is 18.9. The van der Waals surface area contributed by atoms with Gasteiger partial charge in [0.25, 0.3) is 5.91 Å². The molecule has 44 heavy (non-hydrogen) atoms. The highest BCUT2D eigenvalue weighted by Gasteiger charge is 2.37. The van der Waals surface area contributed by atoms with Crippen molar-refractivity contribution in [3.8, 4) is 26.2 Å². The number of amides is 1. The molecule has 1 aliphatic rings. The second-order valence-corrected chi connectivity index (χ2v) is 16.4. The molecule has 0 unspecified atom stereocenters. The topological polar surface area (TPSA) is 54.6 Å². The molecule has 0 saturated carbocycles. The molecule has 0 atom stereocenters. The summed E-state index contributed by atoms with van der Waals surface area (Å²) in [5.41, 5.74) is 2.83. The Bertz CT molecular complexity index is 1640. The van der Waals surface area contributed by atoms with E-state index in [2.05, 4.69) is 89.9 Å². The van der Waals surface area contributed by atoms with Crippen molar-refractivity contribution < 1.29 is 9.90 Å². The highest BCUT2D eigenvalue weighted by molar-refractivity contribution is 7.24. The van der Waals surface area contributed by atoms with Crippen molar-refractivity contribution in [1.82, 2.24) is 4.57 Å². The van der Waals surface area contributed by atoms with Crippen LogP contribution in [0.1, 0.15) is 137 Å². The van der Waals surface area contributed by atoms with E-state index in [0.29, 0.717) is 23.4 Å². The molecule has 1 amide bonds. The third kappa shape index (κ3) is 6.17. The van der Waals surface area contributed by atoms with Crippen LogP contribution in [0, 0.1) is 0 Å². The standard InChI is InChI=1S/C37H48N2O2S3/c1-8-12-13-14-15-16-23-39-33(27-18-17-24(42-27)25-19-22-29(43-25)37(7,10-3)11-4)31-30(35(39)41)32(38-34(31)40)26-20-21-28(44-26)36(5,6)9-2/h17-22,41H,8-16,23H2,1-7H3. The minimum absolute atomic E-state index is 0.0482. The zero-order valence-electron chi connectivity index (χ0n) is 27.5. The minimum Gasteiger partial charge on any atom is -0.494 e. The summed E-state index contributed by atoms with van der Waals surface area (Å²) in [6.45, 7) is 16.5. The number of nitrogens with zero attached hydrogens (tertiary/aromatic N) is 2. The van der Waals surface area contributed by atoms with E-state index in [1.165, 1.54) is 45.2 Å². The number of aromatic hydroxyl groups is 1. The van der Waals surface area contributed by atoms with E-state index < -0.39 is 0 Å². The quantitative estimate of drug-likeness (QED) is 0.130. The van der Waals surface area contributed by atoms with Gasteiger partial charge in [-0.25, -0.2) is 4.99 Å². The molecule has 0 bridgehead atoms. The van der Waals surface area contributed by atoms with Gasteiger partial charge in [-0.1, -0.05) is 80.6 Å². The van der Waals surface area contributed by atoms with Crippen LogP contribution in [0.2, 0.25) is 0 Å².